The fourth-order valence-corrected chi connectivity index (χ4v) is 2.68. The Morgan fingerprint density at radius 2 is 1.88 bits per heavy atom. The number of nitrogens with zero attached hydrogens (tertiary/aromatic N) is 3. The van der Waals surface area contributed by atoms with Crippen molar-refractivity contribution in [2.24, 2.45) is 14.1 Å². The van der Waals surface area contributed by atoms with Crippen molar-refractivity contribution in [3.05, 3.63) is 62.7 Å². The number of halogens is 1. The molecule has 1 aromatic carbocycles. The van der Waals surface area contributed by atoms with E-state index in [2.05, 4.69) is 10.3 Å². The van der Waals surface area contributed by atoms with Gasteiger partial charge in [0.2, 0.25) is 0 Å². The first-order valence-corrected chi connectivity index (χ1v) is 7.54. The molecule has 0 radical (unpaired) electrons. The van der Waals surface area contributed by atoms with E-state index in [0.29, 0.717) is 12.1 Å². The molecule has 0 aliphatic rings. The lowest BCUT2D eigenvalue weighted by Gasteiger charge is -2.16. The van der Waals surface area contributed by atoms with Gasteiger partial charge in [-0.1, -0.05) is 19.1 Å². The third-order valence-electron chi connectivity index (χ3n) is 4.06. The van der Waals surface area contributed by atoms with Gasteiger partial charge in [0.05, 0.1) is 11.4 Å². The molecule has 3 aromatic rings. The van der Waals surface area contributed by atoms with Crippen LogP contribution in [0.5, 0.6) is 0 Å². The third-order valence-corrected chi connectivity index (χ3v) is 4.06. The van der Waals surface area contributed by atoms with Crippen LogP contribution in [0.3, 0.4) is 0 Å². The summed E-state index contributed by atoms with van der Waals surface area (Å²) in [7, 11) is 2.96. The molecule has 0 spiro atoms. The monoisotopic (exact) mass is 328 g/mol. The van der Waals surface area contributed by atoms with E-state index >= 15 is 0 Å². The first kappa shape index (κ1) is 15.9. The summed E-state index contributed by atoms with van der Waals surface area (Å²) in [5.41, 5.74) is 0.843. The van der Waals surface area contributed by atoms with E-state index in [9.17, 15) is 14.0 Å². The minimum absolute atomic E-state index is 0.260. The fraction of sp³-hybridized carbons (Fsp3) is 0.235. The van der Waals surface area contributed by atoms with E-state index in [1.54, 1.807) is 31.4 Å². The first-order valence-electron chi connectivity index (χ1n) is 7.54. The molecule has 0 fully saturated rings. The van der Waals surface area contributed by atoms with Gasteiger partial charge >= 0.3 is 5.69 Å². The smallest absolute Gasteiger partial charge is 0.332 e. The van der Waals surface area contributed by atoms with Crippen LogP contribution in [0.2, 0.25) is 0 Å². The van der Waals surface area contributed by atoms with Gasteiger partial charge in [0.1, 0.15) is 11.2 Å². The molecule has 124 valence electrons. The van der Waals surface area contributed by atoms with E-state index in [0.717, 1.165) is 10.1 Å². The molecule has 2 aromatic heterocycles. The SMILES string of the molecule is CCc1cnc2c(c1Nc1ccccc1F)c(=O)n(C)c(=O)n2C. The number of aryl methyl sites for hydroxylation is 2. The number of hydrogen-bond acceptors (Lipinski definition) is 4. The molecular weight excluding hydrogens is 311 g/mol. The van der Waals surface area contributed by atoms with Crippen molar-refractivity contribution in [1.29, 1.82) is 0 Å². The van der Waals surface area contributed by atoms with Crippen LogP contribution in [0.15, 0.2) is 40.1 Å². The van der Waals surface area contributed by atoms with Crippen LogP contribution in [0.4, 0.5) is 15.8 Å². The van der Waals surface area contributed by atoms with Crippen molar-refractivity contribution in [2.75, 3.05) is 5.32 Å². The number of pyridine rings is 1. The van der Waals surface area contributed by atoms with Crippen LogP contribution in [0, 0.1) is 5.82 Å². The molecule has 6 nitrogen and oxygen atoms in total. The summed E-state index contributed by atoms with van der Waals surface area (Å²) < 4.78 is 16.3. The van der Waals surface area contributed by atoms with Gasteiger partial charge in [-0.3, -0.25) is 13.9 Å². The lowest BCUT2D eigenvalue weighted by molar-refractivity contribution is 0.632. The van der Waals surface area contributed by atoms with E-state index in [1.165, 1.54) is 17.7 Å². The molecule has 0 atom stereocenters. The maximum absolute atomic E-state index is 14.0. The van der Waals surface area contributed by atoms with Gasteiger partial charge in [-0.2, -0.15) is 0 Å². The number of hydrogen-bond donors (Lipinski definition) is 1. The predicted octanol–water partition coefficient (Wildman–Crippen LogP) is 2.08. The number of anilines is 2. The summed E-state index contributed by atoms with van der Waals surface area (Å²) >= 11 is 0. The largest absolute Gasteiger partial charge is 0.352 e. The molecule has 0 aliphatic heterocycles. The average Bonchev–Trinajstić information content (AvgIpc) is 2.59. The summed E-state index contributed by atoms with van der Waals surface area (Å²) in [6.45, 7) is 1.92. The molecule has 7 heteroatoms. The Hall–Kier alpha value is -2.96. The Morgan fingerprint density at radius 3 is 2.54 bits per heavy atom. The molecule has 0 aliphatic carbocycles. The van der Waals surface area contributed by atoms with Crippen LogP contribution < -0.4 is 16.6 Å². The van der Waals surface area contributed by atoms with Crippen LogP contribution in [-0.4, -0.2) is 14.1 Å². The molecule has 24 heavy (non-hydrogen) atoms. The van der Waals surface area contributed by atoms with Crippen molar-refractivity contribution in [1.82, 2.24) is 14.1 Å². The summed E-state index contributed by atoms with van der Waals surface area (Å²) in [5.74, 6) is -0.425. The number of nitrogens with one attached hydrogen (secondary N) is 1. The van der Waals surface area contributed by atoms with E-state index < -0.39 is 17.1 Å². The maximum atomic E-state index is 14.0. The van der Waals surface area contributed by atoms with Crippen LogP contribution in [0.25, 0.3) is 11.0 Å². The molecular formula is C17H17FN4O2. The van der Waals surface area contributed by atoms with Crippen molar-refractivity contribution >= 4 is 22.4 Å². The molecule has 0 bridgehead atoms. The van der Waals surface area contributed by atoms with E-state index in [4.69, 9.17) is 0 Å². The van der Waals surface area contributed by atoms with E-state index in [-0.39, 0.29) is 16.7 Å². The summed E-state index contributed by atoms with van der Waals surface area (Å²) in [4.78, 5) is 29.0. The van der Waals surface area contributed by atoms with Crippen molar-refractivity contribution in [2.45, 2.75) is 13.3 Å². The van der Waals surface area contributed by atoms with Gasteiger partial charge < -0.3 is 5.32 Å². The highest BCUT2D eigenvalue weighted by atomic mass is 19.1. The van der Waals surface area contributed by atoms with Gasteiger partial charge in [-0.15, -0.1) is 0 Å². The second-order valence-corrected chi connectivity index (χ2v) is 5.52. The summed E-state index contributed by atoms with van der Waals surface area (Å²) in [6.07, 6.45) is 2.20. The second kappa shape index (κ2) is 5.92. The number of fused-ring (bicyclic) bond motifs is 1. The Labute approximate surface area is 137 Å². The topological polar surface area (TPSA) is 68.9 Å². The summed E-state index contributed by atoms with van der Waals surface area (Å²) in [5, 5.41) is 3.27. The normalized spacial score (nSPS) is 11.0. The highest BCUT2D eigenvalue weighted by molar-refractivity contribution is 5.92. The number of benzene rings is 1. The predicted molar refractivity (Wildman–Crippen MR) is 91.3 cm³/mol. The Morgan fingerprint density at radius 1 is 1.17 bits per heavy atom. The van der Waals surface area contributed by atoms with Gasteiger partial charge in [0, 0.05) is 20.3 Å². The molecule has 1 N–H and O–H groups in total. The van der Waals surface area contributed by atoms with Gasteiger partial charge in [-0.25, -0.2) is 14.2 Å². The Kier molecular flexibility index (Phi) is 3.92. The zero-order valence-electron chi connectivity index (χ0n) is 13.6. The molecule has 0 amide bonds. The minimum Gasteiger partial charge on any atom is -0.352 e. The molecule has 0 unspecified atom stereocenters. The molecule has 0 saturated heterocycles. The Balaban J connectivity index is 2.39. The lowest BCUT2D eigenvalue weighted by atomic mass is 10.1. The molecule has 0 saturated carbocycles. The van der Waals surface area contributed by atoms with Crippen molar-refractivity contribution in [3.63, 3.8) is 0 Å². The maximum Gasteiger partial charge on any atom is 0.332 e. The highest BCUT2D eigenvalue weighted by Gasteiger charge is 2.17. The Bertz CT molecular complexity index is 1050. The zero-order chi connectivity index (χ0) is 17.4. The first-order chi connectivity index (χ1) is 11.5. The number of aromatic nitrogens is 3. The third kappa shape index (κ3) is 2.38. The fourth-order valence-electron chi connectivity index (χ4n) is 2.68. The molecule has 3 rings (SSSR count). The number of para-hydroxylation sites is 1. The van der Waals surface area contributed by atoms with Gasteiger partial charge in [-0.05, 0) is 24.1 Å². The zero-order valence-corrected chi connectivity index (χ0v) is 13.6. The van der Waals surface area contributed by atoms with Crippen LogP contribution in [-0.2, 0) is 20.5 Å². The standard InChI is InChI=1S/C17H17FN4O2/c1-4-10-9-19-15-13(16(23)22(3)17(24)21(15)2)14(10)20-12-8-6-5-7-11(12)18/h5-9H,4H2,1-3H3,(H,19,20). The average molecular weight is 328 g/mol. The van der Waals surface area contributed by atoms with Crippen molar-refractivity contribution in [3.8, 4) is 0 Å². The van der Waals surface area contributed by atoms with Gasteiger partial charge in [0.15, 0.2) is 5.65 Å². The van der Waals surface area contributed by atoms with Crippen LogP contribution >= 0.6 is 0 Å². The van der Waals surface area contributed by atoms with E-state index in [1.807, 2.05) is 6.92 Å². The number of rotatable bonds is 3. The van der Waals surface area contributed by atoms with Crippen molar-refractivity contribution < 1.29 is 4.39 Å². The highest BCUT2D eigenvalue weighted by Crippen LogP contribution is 2.27. The molecule has 2 heterocycles. The summed E-state index contributed by atoms with van der Waals surface area (Å²) in [6, 6.07) is 6.22. The second-order valence-electron chi connectivity index (χ2n) is 5.52. The van der Waals surface area contributed by atoms with Crippen LogP contribution in [0.1, 0.15) is 12.5 Å². The minimum atomic E-state index is -0.463. The quantitative estimate of drug-likeness (QED) is 0.799. The lowest BCUT2D eigenvalue weighted by Crippen LogP contribution is -2.37. The van der Waals surface area contributed by atoms with Gasteiger partial charge in [0.25, 0.3) is 5.56 Å².